The van der Waals surface area contributed by atoms with Crippen molar-refractivity contribution < 1.29 is 22.7 Å². The summed E-state index contributed by atoms with van der Waals surface area (Å²) >= 11 is 0. The first-order valence-corrected chi connectivity index (χ1v) is 5.79. The van der Waals surface area contributed by atoms with Crippen LogP contribution in [-0.2, 0) is 6.18 Å². The smallest absolute Gasteiger partial charge is 0.420 e. The van der Waals surface area contributed by atoms with Crippen molar-refractivity contribution in [3.05, 3.63) is 59.2 Å². The van der Waals surface area contributed by atoms with Gasteiger partial charge in [0, 0.05) is 0 Å². The average Bonchev–Trinajstić information content (AvgIpc) is 2.47. The molecule has 2 aromatic carbocycles. The Hall–Kier alpha value is -2.81. The van der Waals surface area contributed by atoms with E-state index >= 15 is 0 Å². The van der Waals surface area contributed by atoms with Gasteiger partial charge in [0.15, 0.2) is 6.29 Å². The molecule has 2 rings (SSSR count). The molecule has 0 bridgehead atoms. The third kappa shape index (κ3) is 3.20. The van der Waals surface area contributed by atoms with E-state index in [1.165, 1.54) is 18.2 Å². The Kier molecular flexibility index (Phi) is 3.94. The van der Waals surface area contributed by atoms with Crippen molar-refractivity contribution in [2.45, 2.75) is 6.18 Å². The fourth-order valence-corrected chi connectivity index (χ4v) is 1.70. The summed E-state index contributed by atoms with van der Waals surface area (Å²) in [6, 6.07) is 10.6. The van der Waals surface area contributed by atoms with E-state index in [1.54, 1.807) is 18.2 Å². The lowest BCUT2D eigenvalue weighted by Crippen LogP contribution is -2.08. The van der Waals surface area contributed by atoms with Crippen molar-refractivity contribution in [3.63, 3.8) is 0 Å². The Bertz CT molecular complexity index is 718. The molecule has 0 radical (unpaired) electrons. The van der Waals surface area contributed by atoms with Crippen molar-refractivity contribution in [1.82, 2.24) is 0 Å². The van der Waals surface area contributed by atoms with Crippen LogP contribution < -0.4 is 4.74 Å². The summed E-state index contributed by atoms with van der Waals surface area (Å²) in [5, 5.41) is 8.69. The summed E-state index contributed by atoms with van der Waals surface area (Å²) in [7, 11) is 0. The van der Waals surface area contributed by atoms with Gasteiger partial charge in [-0.05, 0) is 30.3 Å². The molecule has 0 N–H and O–H groups in total. The number of nitriles is 1. The molecule has 0 heterocycles. The molecule has 0 aliphatic carbocycles. The molecule has 0 atom stereocenters. The number of alkyl halides is 3. The molecule has 3 nitrogen and oxygen atoms in total. The molecule has 0 aliphatic heterocycles. The van der Waals surface area contributed by atoms with Crippen LogP contribution in [0.5, 0.6) is 11.5 Å². The summed E-state index contributed by atoms with van der Waals surface area (Å²) in [4.78, 5) is 10.9. The van der Waals surface area contributed by atoms with E-state index in [2.05, 4.69) is 0 Å². The monoisotopic (exact) mass is 291 g/mol. The van der Waals surface area contributed by atoms with E-state index in [-0.39, 0.29) is 16.9 Å². The minimum absolute atomic E-state index is 0.0164. The predicted molar refractivity (Wildman–Crippen MR) is 68.1 cm³/mol. The summed E-state index contributed by atoms with van der Waals surface area (Å²) < 4.78 is 44.2. The quantitative estimate of drug-likeness (QED) is 0.797. The van der Waals surface area contributed by atoms with E-state index < -0.39 is 17.5 Å². The minimum atomic E-state index is -4.67. The van der Waals surface area contributed by atoms with Gasteiger partial charge in [-0.1, -0.05) is 12.1 Å². The van der Waals surface area contributed by atoms with E-state index in [4.69, 9.17) is 10.00 Å². The van der Waals surface area contributed by atoms with Crippen LogP contribution in [0.25, 0.3) is 0 Å². The van der Waals surface area contributed by atoms with Crippen LogP contribution in [-0.4, -0.2) is 6.29 Å². The zero-order valence-corrected chi connectivity index (χ0v) is 10.5. The minimum Gasteiger partial charge on any atom is -0.456 e. The van der Waals surface area contributed by atoms with Gasteiger partial charge in [0.05, 0.1) is 22.8 Å². The van der Waals surface area contributed by atoms with Gasteiger partial charge >= 0.3 is 6.18 Å². The largest absolute Gasteiger partial charge is 0.456 e. The van der Waals surface area contributed by atoms with Gasteiger partial charge < -0.3 is 4.74 Å². The number of aldehydes is 1. The van der Waals surface area contributed by atoms with Crippen LogP contribution >= 0.6 is 0 Å². The zero-order valence-electron chi connectivity index (χ0n) is 10.5. The third-order valence-corrected chi connectivity index (χ3v) is 2.68. The van der Waals surface area contributed by atoms with Crippen molar-refractivity contribution >= 4 is 6.29 Å². The molecule has 0 unspecified atom stereocenters. The second-order valence-corrected chi connectivity index (χ2v) is 4.08. The lowest BCUT2D eigenvalue weighted by Gasteiger charge is -2.14. The molecule has 106 valence electrons. The number of carbonyl (C=O) groups excluding carboxylic acids is 1. The van der Waals surface area contributed by atoms with Crippen LogP contribution in [0.4, 0.5) is 13.2 Å². The first-order chi connectivity index (χ1) is 9.95. The molecule has 0 saturated carbocycles. The third-order valence-electron chi connectivity index (χ3n) is 2.68. The average molecular weight is 291 g/mol. The number of nitrogens with zero attached hydrogens (tertiary/aromatic N) is 1. The van der Waals surface area contributed by atoms with Gasteiger partial charge in [-0.25, -0.2) is 0 Å². The van der Waals surface area contributed by atoms with Crippen molar-refractivity contribution in [2.24, 2.45) is 0 Å². The molecule has 21 heavy (non-hydrogen) atoms. The summed E-state index contributed by atoms with van der Waals surface area (Å²) in [5.74, 6) is -0.446. The van der Waals surface area contributed by atoms with Gasteiger partial charge in [0.1, 0.15) is 11.5 Å². The van der Waals surface area contributed by atoms with Gasteiger partial charge in [0.2, 0.25) is 0 Å². The zero-order chi connectivity index (χ0) is 15.5. The predicted octanol–water partition coefficient (Wildman–Crippen LogP) is 4.18. The number of para-hydroxylation sites is 1. The molecule has 6 heteroatoms. The Morgan fingerprint density at radius 1 is 1.10 bits per heavy atom. The summed E-state index contributed by atoms with van der Waals surface area (Å²) in [6.45, 7) is 0. The molecule has 0 saturated heterocycles. The van der Waals surface area contributed by atoms with Crippen LogP contribution in [0.15, 0.2) is 42.5 Å². The van der Waals surface area contributed by atoms with Gasteiger partial charge in [-0.2, -0.15) is 18.4 Å². The van der Waals surface area contributed by atoms with E-state index in [9.17, 15) is 18.0 Å². The maximum absolute atomic E-state index is 13.0. The molecule has 0 aliphatic rings. The molecule has 0 fully saturated rings. The van der Waals surface area contributed by atoms with Gasteiger partial charge in [0.25, 0.3) is 0 Å². The molecular weight excluding hydrogens is 283 g/mol. The lowest BCUT2D eigenvalue weighted by molar-refractivity contribution is -0.138. The van der Waals surface area contributed by atoms with Crippen LogP contribution in [0.1, 0.15) is 21.5 Å². The number of hydrogen-bond donors (Lipinski definition) is 0. The maximum atomic E-state index is 13.0. The molecule has 0 amide bonds. The molecule has 0 spiro atoms. The van der Waals surface area contributed by atoms with Crippen LogP contribution in [0.2, 0.25) is 0 Å². The van der Waals surface area contributed by atoms with Crippen LogP contribution in [0, 0.1) is 11.3 Å². The summed E-state index contributed by atoms with van der Waals surface area (Å²) in [6.07, 6.45) is -4.18. The van der Waals surface area contributed by atoms with E-state index in [0.717, 1.165) is 6.07 Å². The highest BCUT2D eigenvalue weighted by Crippen LogP contribution is 2.39. The lowest BCUT2D eigenvalue weighted by atomic mass is 10.1. The summed E-state index contributed by atoms with van der Waals surface area (Å²) in [5.41, 5.74) is -1.06. The fraction of sp³-hybridized carbons (Fsp3) is 0.0667. The van der Waals surface area contributed by atoms with Gasteiger partial charge in [-0.15, -0.1) is 0 Å². The number of carbonyl (C=O) groups is 1. The Balaban J connectivity index is 2.50. The Morgan fingerprint density at radius 3 is 2.43 bits per heavy atom. The number of halogens is 3. The second-order valence-electron chi connectivity index (χ2n) is 4.08. The van der Waals surface area contributed by atoms with Gasteiger partial charge in [-0.3, -0.25) is 4.79 Å². The van der Waals surface area contributed by atoms with Crippen molar-refractivity contribution in [2.75, 3.05) is 0 Å². The highest BCUT2D eigenvalue weighted by atomic mass is 19.4. The number of ether oxygens (including phenoxy) is 1. The van der Waals surface area contributed by atoms with E-state index in [1.807, 2.05) is 0 Å². The van der Waals surface area contributed by atoms with Crippen molar-refractivity contribution in [3.8, 4) is 17.6 Å². The first kappa shape index (κ1) is 14.6. The number of rotatable bonds is 3. The highest BCUT2D eigenvalue weighted by Gasteiger charge is 2.35. The topological polar surface area (TPSA) is 50.1 Å². The standard InChI is InChI=1S/C15H8F3NO2/c16-15(17,18)12-7-10(8-19)5-6-14(12)21-13-4-2-1-3-11(13)9-20/h1-7,9H. The molecular formula is C15H8F3NO2. The Labute approximate surface area is 118 Å². The first-order valence-electron chi connectivity index (χ1n) is 5.79. The maximum Gasteiger partial charge on any atom is 0.420 e. The number of hydrogen-bond acceptors (Lipinski definition) is 3. The Morgan fingerprint density at radius 2 is 1.81 bits per heavy atom. The molecule has 2 aromatic rings. The van der Waals surface area contributed by atoms with Crippen LogP contribution in [0.3, 0.4) is 0 Å². The normalized spacial score (nSPS) is 10.8. The highest BCUT2D eigenvalue weighted by molar-refractivity contribution is 5.79. The fourth-order valence-electron chi connectivity index (χ4n) is 1.70. The van der Waals surface area contributed by atoms with E-state index in [0.29, 0.717) is 12.4 Å². The SMILES string of the molecule is N#Cc1ccc(Oc2ccccc2C=O)c(C(F)(F)F)c1. The second kappa shape index (κ2) is 5.67. The molecule has 0 aromatic heterocycles. The van der Waals surface area contributed by atoms with Crippen molar-refractivity contribution in [1.29, 1.82) is 5.26 Å². The number of benzene rings is 2.